The number of carbonyl (C=O) groups is 1. The first kappa shape index (κ1) is 13.5. The highest BCUT2D eigenvalue weighted by molar-refractivity contribution is 7.07. The van der Waals surface area contributed by atoms with Crippen LogP contribution in [0.1, 0.15) is 16.1 Å². The molecule has 0 aliphatic rings. The summed E-state index contributed by atoms with van der Waals surface area (Å²) in [5.74, 6) is -0.483. The van der Waals surface area contributed by atoms with E-state index < -0.39 is 6.36 Å². The largest absolute Gasteiger partial charge is 0.573 e. The Labute approximate surface area is 110 Å². The third-order valence-corrected chi connectivity index (χ3v) is 2.83. The molecule has 0 bridgehead atoms. The predicted molar refractivity (Wildman–Crippen MR) is 63.3 cm³/mol. The summed E-state index contributed by atoms with van der Waals surface area (Å²) in [5, 5.41) is 1.63. The lowest BCUT2D eigenvalue weighted by Gasteiger charge is -2.08. The van der Waals surface area contributed by atoms with Crippen molar-refractivity contribution in [1.29, 1.82) is 0 Å². The van der Waals surface area contributed by atoms with E-state index in [4.69, 9.17) is 0 Å². The minimum absolute atomic E-state index is 0.0933. The zero-order valence-electron chi connectivity index (χ0n) is 9.48. The monoisotopic (exact) mass is 287 g/mol. The number of carbonyl (C=O) groups excluding carboxylic acids is 1. The predicted octanol–water partition coefficient (Wildman–Crippen LogP) is 3.47. The average molecular weight is 287 g/mol. The van der Waals surface area contributed by atoms with Crippen LogP contribution in [0.2, 0.25) is 0 Å². The van der Waals surface area contributed by atoms with Gasteiger partial charge in [-0.1, -0.05) is 12.1 Å². The molecule has 0 saturated heterocycles. The van der Waals surface area contributed by atoms with Gasteiger partial charge in [-0.2, -0.15) is 0 Å². The Morgan fingerprint density at radius 3 is 2.47 bits per heavy atom. The van der Waals surface area contributed by atoms with Crippen LogP contribution in [0, 0.1) is 0 Å². The highest BCUT2D eigenvalue weighted by Gasteiger charge is 2.30. The van der Waals surface area contributed by atoms with Gasteiger partial charge in [0, 0.05) is 11.8 Å². The topological polar surface area (TPSA) is 39.2 Å². The minimum atomic E-state index is -4.71. The standard InChI is InChI=1S/C12H8F3NO2S/c13-12(14,15)18-9-3-1-8(2-4-9)5-11(17)10-6-19-7-16-10/h1-4,6-7H,5H2. The van der Waals surface area contributed by atoms with Crippen molar-refractivity contribution in [2.75, 3.05) is 0 Å². The van der Waals surface area contributed by atoms with Crippen molar-refractivity contribution in [2.45, 2.75) is 12.8 Å². The molecule has 1 heterocycles. The van der Waals surface area contributed by atoms with Crippen molar-refractivity contribution in [3.8, 4) is 5.75 Å². The van der Waals surface area contributed by atoms with Crippen molar-refractivity contribution in [3.05, 3.63) is 46.4 Å². The number of hydrogen-bond donors (Lipinski definition) is 0. The maximum Gasteiger partial charge on any atom is 0.573 e. The van der Waals surface area contributed by atoms with Crippen molar-refractivity contribution < 1.29 is 22.7 Å². The van der Waals surface area contributed by atoms with Crippen LogP contribution in [-0.4, -0.2) is 17.1 Å². The van der Waals surface area contributed by atoms with Crippen LogP contribution in [0.25, 0.3) is 0 Å². The Balaban J connectivity index is 2.01. The Hall–Kier alpha value is -1.89. The molecule has 0 fully saturated rings. The number of halogens is 3. The van der Waals surface area contributed by atoms with E-state index in [0.29, 0.717) is 11.3 Å². The number of rotatable bonds is 4. The third kappa shape index (κ3) is 4.06. The molecule has 0 radical (unpaired) electrons. The second-order valence-corrected chi connectivity index (χ2v) is 4.38. The van der Waals surface area contributed by atoms with E-state index in [0.717, 1.165) is 0 Å². The van der Waals surface area contributed by atoms with Gasteiger partial charge in [0.25, 0.3) is 0 Å². The van der Waals surface area contributed by atoms with E-state index in [1.807, 2.05) is 0 Å². The first-order valence-electron chi connectivity index (χ1n) is 5.20. The molecule has 2 aromatic rings. The lowest BCUT2D eigenvalue weighted by molar-refractivity contribution is -0.274. The van der Waals surface area contributed by atoms with Gasteiger partial charge >= 0.3 is 6.36 Å². The molecule has 0 saturated carbocycles. The molecule has 0 unspecified atom stereocenters. The Kier molecular flexibility index (Phi) is 3.84. The molecule has 0 spiro atoms. The van der Waals surface area contributed by atoms with Gasteiger partial charge in [-0.3, -0.25) is 4.79 Å². The van der Waals surface area contributed by atoms with Gasteiger partial charge < -0.3 is 4.74 Å². The molecule has 0 aliphatic carbocycles. The number of ketones is 1. The summed E-state index contributed by atoms with van der Waals surface area (Å²) in [6.45, 7) is 0. The van der Waals surface area contributed by atoms with E-state index in [1.54, 1.807) is 10.9 Å². The third-order valence-electron chi connectivity index (χ3n) is 2.24. The van der Waals surface area contributed by atoms with Gasteiger partial charge in [0.05, 0.1) is 5.51 Å². The fraction of sp³-hybridized carbons (Fsp3) is 0.167. The molecule has 100 valence electrons. The molecule has 3 nitrogen and oxygen atoms in total. The summed E-state index contributed by atoms with van der Waals surface area (Å²) in [5.41, 5.74) is 2.51. The van der Waals surface area contributed by atoms with Crippen molar-refractivity contribution in [2.24, 2.45) is 0 Å². The molecule has 0 amide bonds. The van der Waals surface area contributed by atoms with Crippen LogP contribution < -0.4 is 4.74 Å². The highest BCUT2D eigenvalue weighted by Crippen LogP contribution is 2.23. The first-order valence-corrected chi connectivity index (χ1v) is 6.14. The Morgan fingerprint density at radius 1 is 1.26 bits per heavy atom. The van der Waals surface area contributed by atoms with Gasteiger partial charge in [0.2, 0.25) is 0 Å². The van der Waals surface area contributed by atoms with Gasteiger partial charge in [-0.15, -0.1) is 24.5 Å². The number of alkyl halides is 3. The molecule has 1 aromatic carbocycles. The SMILES string of the molecule is O=C(Cc1ccc(OC(F)(F)F)cc1)c1cscn1. The number of thiazole rings is 1. The summed E-state index contributed by atoms with van der Waals surface area (Å²) in [4.78, 5) is 15.6. The zero-order valence-corrected chi connectivity index (χ0v) is 10.3. The molecule has 1 aromatic heterocycles. The van der Waals surface area contributed by atoms with E-state index in [-0.39, 0.29) is 18.0 Å². The zero-order chi connectivity index (χ0) is 13.9. The molecule has 2 rings (SSSR count). The number of ether oxygens (including phenoxy) is 1. The van der Waals surface area contributed by atoms with Crippen LogP contribution >= 0.6 is 11.3 Å². The Bertz CT molecular complexity index is 549. The van der Waals surface area contributed by atoms with E-state index >= 15 is 0 Å². The van der Waals surface area contributed by atoms with Crippen molar-refractivity contribution in [3.63, 3.8) is 0 Å². The van der Waals surface area contributed by atoms with Crippen molar-refractivity contribution >= 4 is 17.1 Å². The maximum atomic E-state index is 12.0. The van der Waals surface area contributed by atoms with E-state index in [2.05, 4.69) is 9.72 Å². The number of aromatic nitrogens is 1. The first-order chi connectivity index (χ1) is 8.94. The smallest absolute Gasteiger partial charge is 0.406 e. The summed E-state index contributed by atoms with van der Waals surface area (Å²) < 4.78 is 39.6. The van der Waals surface area contributed by atoms with Crippen LogP contribution in [0.5, 0.6) is 5.75 Å². The molecule has 0 atom stereocenters. The van der Waals surface area contributed by atoms with Crippen LogP contribution in [-0.2, 0) is 6.42 Å². The summed E-state index contributed by atoms with van der Waals surface area (Å²) in [6, 6.07) is 5.20. The molecular weight excluding hydrogens is 279 g/mol. The van der Waals surface area contributed by atoms with Crippen LogP contribution in [0.3, 0.4) is 0 Å². The molecule has 0 N–H and O–H groups in total. The highest BCUT2D eigenvalue weighted by atomic mass is 32.1. The summed E-state index contributed by atoms with van der Waals surface area (Å²) in [7, 11) is 0. The normalized spacial score (nSPS) is 11.3. The maximum absolute atomic E-state index is 12.0. The second-order valence-electron chi connectivity index (χ2n) is 3.67. The van der Waals surface area contributed by atoms with Gasteiger partial charge in [-0.25, -0.2) is 4.98 Å². The van der Waals surface area contributed by atoms with Gasteiger partial charge in [0.1, 0.15) is 11.4 Å². The van der Waals surface area contributed by atoms with E-state index in [9.17, 15) is 18.0 Å². The van der Waals surface area contributed by atoms with Gasteiger partial charge in [-0.05, 0) is 17.7 Å². The van der Waals surface area contributed by atoms with Crippen LogP contribution in [0.15, 0.2) is 35.2 Å². The molecule has 0 aliphatic heterocycles. The lowest BCUT2D eigenvalue weighted by atomic mass is 10.1. The van der Waals surface area contributed by atoms with Gasteiger partial charge in [0.15, 0.2) is 5.78 Å². The number of Topliss-reactive ketones (excluding diaryl/α,β-unsaturated/α-hetero) is 1. The second kappa shape index (κ2) is 5.40. The van der Waals surface area contributed by atoms with Crippen LogP contribution in [0.4, 0.5) is 13.2 Å². The molecule has 7 heteroatoms. The fourth-order valence-electron chi connectivity index (χ4n) is 1.44. The lowest BCUT2D eigenvalue weighted by Crippen LogP contribution is -2.17. The Morgan fingerprint density at radius 2 is 1.95 bits per heavy atom. The molecule has 19 heavy (non-hydrogen) atoms. The molecular formula is C12H8F3NO2S. The fourth-order valence-corrected chi connectivity index (χ4v) is 1.99. The number of hydrogen-bond acceptors (Lipinski definition) is 4. The number of nitrogens with zero attached hydrogens (tertiary/aromatic N) is 1. The van der Waals surface area contributed by atoms with Crippen molar-refractivity contribution in [1.82, 2.24) is 4.98 Å². The number of benzene rings is 1. The summed E-state index contributed by atoms with van der Waals surface area (Å²) in [6.07, 6.45) is -4.62. The average Bonchev–Trinajstić information content (AvgIpc) is 2.83. The quantitative estimate of drug-likeness (QED) is 0.808. The summed E-state index contributed by atoms with van der Waals surface area (Å²) >= 11 is 1.31. The van der Waals surface area contributed by atoms with E-state index in [1.165, 1.54) is 35.6 Å². The minimum Gasteiger partial charge on any atom is -0.406 e.